The number of aryl methyl sites for hydroxylation is 1. The molecular formula is C29H30F8N2O5S2. The molecule has 1 saturated heterocycles. The van der Waals surface area contributed by atoms with Crippen LogP contribution >= 0.6 is 0 Å². The van der Waals surface area contributed by atoms with Crippen molar-refractivity contribution in [2.45, 2.75) is 72.2 Å². The number of piperidine rings is 1. The zero-order valence-electron chi connectivity index (χ0n) is 24.3. The predicted octanol–water partition coefficient (Wildman–Crippen LogP) is 5.30. The van der Waals surface area contributed by atoms with Crippen LogP contribution in [0.2, 0.25) is 0 Å². The van der Waals surface area contributed by atoms with Crippen molar-refractivity contribution in [3.8, 4) is 0 Å². The van der Waals surface area contributed by atoms with Crippen molar-refractivity contribution in [3.05, 3.63) is 65.0 Å². The second kappa shape index (κ2) is 11.4. The summed E-state index contributed by atoms with van der Waals surface area (Å²) >= 11 is 0. The van der Waals surface area contributed by atoms with Crippen molar-refractivity contribution in [1.29, 1.82) is 0 Å². The fourth-order valence-electron chi connectivity index (χ4n) is 7.33. The third kappa shape index (κ3) is 5.49. The number of sulfonamides is 1. The first-order valence-corrected chi connectivity index (χ1v) is 17.7. The summed E-state index contributed by atoms with van der Waals surface area (Å²) in [6.07, 6.45) is -11.7. The van der Waals surface area contributed by atoms with Gasteiger partial charge in [-0.3, -0.25) is 4.79 Å². The molecule has 1 aliphatic heterocycles. The van der Waals surface area contributed by atoms with Crippen LogP contribution < -0.4 is 5.32 Å². The monoisotopic (exact) mass is 702 g/mol. The molecule has 0 radical (unpaired) electrons. The number of rotatable bonds is 6. The van der Waals surface area contributed by atoms with Gasteiger partial charge in [0, 0.05) is 30.6 Å². The highest BCUT2D eigenvalue weighted by molar-refractivity contribution is 7.92. The topological polar surface area (TPSA) is 101 Å². The molecular weight excluding hydrogens is 672 g/mol. The van der Waals surface area contributed by atoms with Crippen molar-refractivity contribution in [3.63, 3.8) is 0 Å². The Morgan fingerprint density at radius 2 is 1.46 bits per heavy atom. The molecule has 254 valence electrons. The number of halogens is 8. The molecule has 5 rings (SSSR count). The third-order valence-corrected chi connectivity index (χ3v) is 13.5. The van der Waals surface area contributed by atoms with Gasteiger partial charge in [0.15, 0.2) is 9.84 Å². The number of sulfone groups is 1. The summed E-state index contributed by atoms with van der Waals surface area (Å²) in [4.78, 5) is 13.3. The Bertz CT molecular complexity index is 1710. The van der Waals surface area contributed by atoms with Crippen molar-refractivity contribution in [1.82, 2.24) is 9.62 Å². The van der Waals surface area contributed by atoms with Gasteiger partial charge in [0.25, 0.3) is 0 Å². The Morgan fingerprint density at radius 1 is 0.870 bits per heavy atom. The molecule has 0 spiro atoms. The van der Waals surface area contributed by atoms with E-state index in [-0.39, 0.29) is 60.9 Å². The largest absolute Gasteiger partial charge is 0.435 e. The minimum atomic E-state index is -6.37. The Labute approximate surface area is 260 Å². The normalized spacial score (nSPS) is 25.2. The van der Waals surface area contributed by atoms with E-state index in [1.54, 1.807) is 0 Å². The summed E-state index contributed by atoms with van der Waals surface area (Å²) < 4.78 is 162. The first-order chi connectivity index (χ1) is 21.1. The first kappa shape index (κ1) is 34.5. The van der Waals surface area contributed by atoms with Gasteiger partial charge < -0.3 is 5.32 Å². The molecule has 7 nitrogen and oxygen atoms in total. The Morgan fingerprint density at radius 3 is 2.00 bits per heavy atom. The predicted molar refractivity (Wildman–Crippen MR) is 149 cm³/mol. The van der Waals surface area contributed by atoms with Gasteiger partial charge in [0.05, 0.1) is 11.2 Å². The smallest absolute Gasteiger partial charge is 0.353 e. The van der Waals surface area contributed by atoms with Crippen LogP contribution in [0.15, 0.2) is 47.4 Å². The fourth-order valence-corrected chi connectivity index (χ4v) is 10.7. The number of hydrogen-bond donors (Lipinski definition) is 1. The summed E-state index contributed by atoms with van der Waals surface area (Å²) in [6.45, 7) is 0.310. The number of benzene rings is 2. The molecule has 1 saturated carbocycles. The van der Waals surface area contributed by atoms with E-state index in [1.807, 2.05) is 0 Å². The number of nitrogens with one attached hydrogen (secondary N) is 1. The molecule has 17 heteroatoms. The summed E-state index contributed by atoms with van der Waals surface area (Å²) in [5, 5.41) is 2.86. The molecule has 0 aromatic heterocycles. The lowest BCUT2D eigenvalue weighted by Gasteiger charge is -2.43. The maximum absolute atomic E-state index is 15.0. The Hall–Kier alpha value is -2.79. The van der Waals surface area contributed by atoms with Gasteiger partial charge in [-0.25, -0.2) is 29.9 Å². The summed E-state index contributed by atoms with van der Waals surface area (Å²) in [6, 6.07) is 4.78. The highest BCUT2D eigenvalue weighted by atomic mass is 32.2. The number of amides is 1. The van der Waals surface area contributed by atoms with Crippen LogP contribution in [0.5, 0.6) is 0 Å². The van der Waals surface area contributed by atoms with Crippen LogP contribution in [0.1, 0.15) is 48.8 Å². The highest BCUT2D eigenvalue weighted by Gasteiger charge is 2.74. The van der Waals surface area contributed by atoms with E-state index in [0.29, 0.717) is 18.9 Å². The lowest BCUT2D eigenvalue weighted by molar-refractivity contribution is -0.348. The maximum atomic E-state index is 15.0. The number of nitrogens with zero attached hydrogens (tertiary/aromatic N) is 1. The van der Waals surface area contributed by atoms with Gasteiger partial charge in [-0.15, -0.1) is 0 Å². The fraction of sp³-hybridized carbons (Fsp3) is 0.552. The maximum Gasteiger partial charge on any atom is 0.435 e. The van der Waals surface area contributed by atoms with Gasteiger partial charge in [-0.05, 0) is 79.8 Å². The van der Waals surface area contributed by atoms with E-state index in [1.165, 1.54) is 4.31 Å². The first-order valence-electron chi connectivity index (χ1n) is 14.4. The molecule has 3 aliphatic rings. The SMILES string of the molecule is CS(=O)(=O)N1CCC(NC(=O)[C@@H]2CC[C@@]3(S(=O)(=O)c4ccc(F)cc4)c4ccc(C(F)(C(F)(F)F)C(F)(F)F)cc4CC[C@@H]23)CC1. The van der Waals surface area contributed by atoms with Crippen molar-refractivity contribution in [2.24, 2.45) is 11.8 Å². The quantitative estimate of drug-likeness (QED) is 0.326. The van der Waals surface area contributed by atoms with Gasteiger partial charge in [0.2, 0.25) is 15.9 Å². The molecule has 2 aliphatic carbocycles. The van der Waals surface area contributed by atoms with E-state index in [9.17, 15) is 56.8 Å². The molecule has 46 heavy (non-hydrogen) atoms. The summed E-state index contributed by atoms with van der Waals surface area (Å²) in [7, 11) is -8.01. The van der Waals surface area contributed by atoms with Crippen molar-refractivity contribution < 1.29 is 56.8 Å². The molecule has 1 heterocycles. The molecule has 1 amide bonds. The van der Waals surface area contributed by atoms with Gasteiger partial charge in [0.1, 0.15) is 10.6 Å². The summed E-state index contributed by atoms with van der Waals surface area (Å²) in [5.41, 5.74) is -7.84. The zero-order valence-corrected chi connectivity index (χ0v) is 25.9. The molecule has 3 atom stereocenters. The van der Waals surface area contributed by atoms with Crippen LogP contribution in [-0.2, 0) is 41.5 Å². The van der Waals surface area contributed by atoms with E-state index in [0.717, 1.165) is 36.6 Å². The van der Waals surface area contributed by atoms with E-state index >= 15 is 0 Å². The highest BCUT2D eigenvalue weighted by Crippen LogP contribution is 2.60. The molecule has 1 N–H and O–H groups in total. The molecule has 2 fully saturated rings. The number of carbonyl (C=O) groups excluding carboxylic acids is 1. The Kier molecular flexibility index (Phi) is 8.58. The second-order valence-corrected chi connectivity index (χ2v) is 16.3. The molecule has 0 unspecified atom stereocenters. The lowest BCUT2D eigenvalue weighted by Crippen LogP contribution is -2.51. The standard InChI is InChI=1S/C29H30F8N2O5S2/c1-45(41,42)39-14-11-20(12-15-39)38-25(40)22-10-13-26(46(43,44)21-6-4-19(30)5-7-21)23-9-3-18(16-17(23)2-8-24(22)26)27(31,28(32,33)34)29(35,36)37/h3-7,9,16,20,22,24H,2,8,10-15H2,1H3,(H,38,40)/t22-,24+,26-/m1/s1. The number of carbonyl (C=O) groups is 1. The average molecular weight is 703 g/mol. The number of hydrogen-bond acceptors (Lipinski definition) is 5. The lowest BCUT2D eigenvalue weighted by atomic mass is 9.72. The zero-order chi connectivity index (χ0) is 34.1. The van der Waals surface area contributed by atoms with Gasteiger partial charge >= 0.3 is 18.0 Å². The van der Waals surface area contributed by atoms with E-state index < -0.39 is 77.8 Å². The van der Waals surface area contributed by atoms with Gasteiger partial charge in [-0.2, -0.15) is 26.3 Å². The minimum Gasteiger partial charge on any atom is -0.353 e. The van der Waals surface area contributed by atoms with Crippen molar-refractivity contribution in [2.75, 3.05) is 19.3 Å². The molecule has 0 bridgehead atoms. The van der Waals surface area contributed by atoms with Crippen LogP contribution in [0.3, 0.4) is 0 Å². The summed E-state index contributed by atoms with van der Waals surface area (Å²) in [5.74, 6) is -3.21. The van der Waals surface area contributed by atoms with Crippen LogP contribution in [0.4, 0.5) is 35.1 Å². The Balaban J connectivity index is 1.56. The van der Waals surface area contributed by atoms with E-state index in [4.69, 9.17) is 0 Å². The van der Waals surface area contributed by atoms with Crippen LogP contribution in [-0.4, -0.2) is 64.8 Å². The third-order valence-electron chi connectivity index (χ3n) is 9.59. The van der Waals surface area contributed by atoms with E-state index in [2.05, 4.69) is 5.32 Å². The van der Waals surface area contributed by atoms with Crippen molar-refractivity contribution >= 4 is 25.8 Å². The van der Waals surface area contributed by atoms with Gasteiger partial charge in [-0.1, -0.05) is 18.2 Å². The van der Waals surface area contributed by atoms with Crippen LogP contribution in [0, 0.1) is 17.7 Å². The average Bonchev–Trinajstić information content (AvgIpc) is 3.37. The van der Waals surface area contributed by atoms with Crippen LogP contribution in [0.25, 0.3) is 0 Å². The minimum absolute atomic E-state index is 0.0154. The number of alkyl halides is 7. The number of fused-ring (bicyclic) bond motifs is 3. The molecule has 2 aromatic rings. The molecule has 2 aromatic carbocycles. The second-order valence-electron chi connectivity index (χ2n) is 12.1.